The van der Waals surface area contributed by atoms with E-state index in [0.717, 1.165) is 18.5 Å². The average Bonchev–Trinajstić information content (AvgIpc) is 2.46. The van der Waals surface area contributed by atoms with Gasteiger partial charge < -0.3 is 0 Å². The number of hydrogen-bond acceptors (Lipinski definition) is 3. The third-order valence-electron chi connectivity index (χ3n) is 4.05. The van der Waals surface area contributed by atoms with E-state index >= 15 is 0 Å². The van der Waals surface area contributed by atoms with Crippen molar-refractivity contribution in [1.29, 1.82) is 0 Å². The molecule has 2 rings (SSSR count). The zero-order valence-corrected chi connectivity index (χ0v) is 13.0. The molecule has 0 bridgehead atoms. The van der Waals surface area contributed by atoms with Gasteiger partial charge in [0.25, 0.3) is 0 Å². The van der Waals surface area contributed by atoms with Crippen LogP contribution < -0.4 is 0 Å². The Morgan fingerprint density at radius 1 is 1.25 bits per heavy atom. The van der Waals surface area contributed by atoms with Crippen molar-refractivity contribution in [2.45, 2.75) is 38.5 Å². The number of rotatable bonds is 6. The molecule has 4 nitrogen and oxygen atoms in total. The van der Waals surface area contributed by atoms with Crippen molar-refractivity contribution in [2.75, 3.05) is 19.3 Å². The van der Waals surface area contributed by atoms with Gasteiger partial charge in [-0.25, -0.2) is 12.7 Å². The SMILES string of the molecule is CN(CCc1ccccn1)S(=O)(=O)CC1CCCCC1. The lowest BCUT2D eigenvalue weighted by Gasteiger charge is -2.24. The van der Waals surface area contributed by atoms with Crippen LogP contribution >= 0.6 is 0 Å². The van der Waals surface area contributed by atoms with Crippen LogP contribution in [0.1, 0.15) is 37.8 Å². The Kier molecular flexibility index (Phi) is 5.54. The highest BCUT2D eigenvalue weighted by Crippen LogP contribution is 2.25. The van der Waals surface area contributed by atoms with Crippen molar-refractivity contribution in [3.05, 3.63) is 30.1 Å². The fourth-order valence-corrected chi connectivity index (χ4v) is 4.29. The van der Waals surface area contributed by atoms with E-state index in [0.29, 0.717) is 24.6 Å². The summed E-state index contributed by atoms with van der Waals surface area (Å²) in [7, 11) is -1.44. The first-order valence-corrected chi connectivity index (χ1v) is 9.03. The molecule has 0 N–H and O–H groups in total. The fraction of sp³-hybridized carbons (Fsp3) is 0.667. The average molecular weight is 296 g/mol. The molecule has 20 heavy (non-hydrogen) atoms. The van der Waals surface area contributed by atoms with E-state index in [2.05, 4.69) is 4.98 Å². The molecule has 1 aromatic heterocycles. The standard InChI is InChI=1S/C15H24N2O2S/c1-17(12-10-15-9-5-6-11-16-15)20(18,19)13-14-7-3-2-4-8-14/h5-6,9,11,14H,2-4,7-8,10,12-13H2,1H3. The Balaban J connectivity index is 1.85. The lowest BCUT2D eigenvalue weighted by atomic mass is 9.91. The lowest BCUT2D eigenvalue weighted by molar-refractivity contribution is 0.375. The molecule has 0 aromatic carbocycles. The third kappa shape index (κ3) is 4.56. The van der Waals surface area contributed by atoms with Gasteiger partial charge in [0.05, 0.1) is 5.75 Å². The van der Waals surface area contributed by atoms with Gasteiger partial charge in [-0.05, 0) is 30.9 Å². The first kappa shape index (κ1) is 15.4. The van der Waals surface area contributed by atoms with Gasteiger partial charge in [-0.2, -0.15) is 0 Å². The molecular weight excluding hydrogens is 272 g/mol. The number of aromatic nitrogens is 1. The van der Waals surface area contributed by atoms with Gasteiger partial charge in [0, 0.05) is 31.9 Å². The number of likely N-dealkylation sites (N-methyl/N-ethyl adjacent to an activating group) is 1. The van der Waals surface area contributed by atoms with Gasteiger partial charge in [-0.1, -0.05) is 25.3 Å². The Labute approximate surface area is 122 Å². The molecule has 0 aliphatic heterocycles. The predicted molar refractivity (Wildman–Crippen MR) is 80.9 cm³/mol. The van der Waals surface area contributed by atoms with Crippen molar-refractivity contribution >= 4 is 10.0 Å². The van der Waals surface area contributed by atoms with E-state index in [1.54, 1.807) is 13.2 Å². The Morgan fingerprint density at radius 3 is 2.65 bits per heavy atom. The normalized spacial score (nSPS) is 17.5. The number of nitrogens with zero attached hydrogens (tertiary/aromatic N) is 2. The minimum absolute atomic E-state index is 0.311. The van der Waals surface area contributed by atoms with E-state index in [-0.39, 0.29) is 0 Å². The van der Waals surface area contributed by atoms with Crippen molar-refractivity contribution in [1.82, 2.24) is 9.29 Å². The van der Waals surface area contributed by atoms with Gasteiger partial charge in [0.1, 0.15) is 0 Å². The fourth-order valence-electron chi connectivity index (χ4n) is 2.74. The van der Waals surface area contributed by atoms with Gasteiger partial charge in [0.2, 0.25) is 10.0 Å². The van der Waals surface area contributed by atoms with Crippen LogP contribution in [0, 0.1) is 5.92 Å². The molecule has 1 aliphatic rings. The minimum Gasteiger partial charge on any atom is -0.261 e. The molecule has 1 fully saturated rings. The summed E-state index contributed by atoms with van der Waals surface area (Å²) in [6, 6.07) is 5.73. The Morgan fingerprint density at radius 2 is 2.00 bits per heavy atom. The van der Waals surface area contributed by atoms with Crippen LogP contribution in [0.4, 0.5) is 0 Å². The summed E-state index contributed by atoms with van der Waals surface area (Å²) in [4.78, 5) is 4.23. The van der Waals surface area contributed by atoms with Crippen LogP contribution in [0.3, 0.4) is 0 Å². The van der Waals surface area contributed by atoms with Gasteiger partial charge in [-0.3, -0.25) is 4.98 Å². The molecule has 0 spiro atoms. The van der Waals surface area contributed by atoms with E-state index < -0.39 is 10.0 Å². The zero-order valence-electron chi connectivity index (χ0n) is 12.2. The van der Waals surface area contributed by atoms with Crippen molar-refractivity contribution < 1.29 is 8.42 Å². The highest BCUT2D eigenvalue weighted by Gasteiger charge is 2.24. The van der Waals surface area contributed by atoms with E-state index in [1.165, 1.54) is 23.6 Å². The lowest BCUT2D eigenvalue weighted by Crippen LogP contribution is -2.34. The first-order chi connectivity index (χ1) is 9.58. The topological polar surface area (TPSA) is 50.3 Å². The highest BCUT2D eigenvalue weighted by molar-refractivity contribution is 7.89. The molecule has 112 valence electrons. The minimum atomic E-state index is -3.12. The summed E-state index contributed by atoms with van der Waals surface area (Å²) in [6.07, 6.45) is 8.15. The molecule has 1 saturated carbocycles. The Bertz CT molecular complexity index is 496. The van der Waals surface area contributed by atoms with E-state index in [9.17, 15) is 8.42 Å². The van der Waals surface area contributed by atoms with Crippen LogP contribution in [0.5, 0.6) is 0 Å². The molecule has 0 atom stereocenters. The summed E-state index contributed by atoms with van der Waals surface area (Å²) < 4.78 is 26.1. The van der Waals surface area contributed by atoms with Crippen LogP contribution in [-0.4, -0.2) is 37.1 Å². The third-order valence-corrected chi connectivity index (χ3v) is 6.08. The molecule has 1 aromatic rings. The largest absolute Gasteiger partial charge is 0.261 e. The Hall–Kier alpha value is -0.940. The summed E-state index contributed by atoms with van der Waals surface area (Å²) in [5.41, 5.74) is 0.937. The molecule has 0 saturated heterocycles. The summed E-state index contributed by atoms with van der Waals surface area (Å²) >= 11 is 0. The van der Waals surface area contributed by atoms with Crippen molar-refractivity contribution in [3.8, 4) is 0 Å². The first-order valence-electron chi connectivity index (χ1n) is 7.42. The van der Waals surface area contributed by atoms with Gasteiger partial charge in [-0.15, -0.1) is 0 Å². The van der Waals surface area contributed by atoms with Crippen molar-refractivity contribution in [2.24, 2.45) is 5.92 Å². The van der Waals surface area contributed by atoms with Crippen LogP contribution in [0.25, 0.3) is 0 Å². The van der Waals surface area contributed by atoms with E-state index in [1.807, 2.05) is 18.2 Å². The predicted octanol–water partition coefficient (Wildman–Crippen LogP) is 2.47. The second-order valence-electron chi connectivity index (χ2n) is 5.68. The molecule has 0 radical (unpaired) electrons. The molecule has 0 amide bonds. The van der Waals surface area contributed by atoms with Crippen LogP contribution in [-0.2, 0) is 16.4 Å². The number of hydrogen-bond donors (Lipinski definition) is 0. The van der Waals surface area contributed by atoms with Crippen LogP contribution in [0.15, 0.2) is 24.4 Å². The number of sulfonamides is 1. The quantitative estimate of drug-likeness (QED) is 0.810. The molecule has 1 aliphatic carbocycles. The molecule has 0 unspecified atom stereocenters. The monoisotopic (exact) mass is 296 g/mol. The molecule has 1 heterocycles. The summed E-state index contributed by atoms with van der Waals surface area (Å²) in [5, 5.41) is 0. The van der Waals surface area contributed by atoms with E-state index in [4.69, 9.17) is 0 Å². The summed E-state index contributed by atoms with van der Waals surface area (Å²) in [6.45, 7) is 0.506. The smallest absolute Gasteiger partial charge is 0.214 e. The second-order valence-corrected chi connectivity index (χ2v) is 7.80. The summed E-state index contributed by atoms with van der Waals surface area (Å²) in [5.74, 6) is 0.664. The van der Waals surface area contributed by atoms with Gasteiger partial charge >= 0.3 is 0 Å². The maximum Gasteiger partial charge on any atom is 0.214 e. The maximum absolute atomic E-state index is 12.3. The second kappa shape index (κ2) is 7.18. The zero-order chi connectivity index (χ0) is 14.4. The van der Waals surface area contributed by atoms with Gasteiger partial charge in [0.15, 0.2) is 0 Å². The molecular formula is C15H24N2O2S. The maximum atomic E-state index is 12.3. The number of pyridine rings is 1. The van der Waals surface area contributed by atoms with Crippen LogP contribution in [0.2, 0.25) is 0 Å². The highest BCUT2D eigenvalue weighted by atomic mass is 32.2. The van der Waals surface area contributed by atoms with Crippen molar-refractivity contribution in [3.63, 3.8) is 0 Å². The molecule has 5 heteroatoms.